The van der Waals surface area contributed by atoms with Gasteiger partial charge in [0.1, 0.15) is 11.6 Å². The van der Waals surface area contributed by atoms with Gasteiger partial charge in [-0.2, -0.15) is 5.26 Å². The van der Waals surface area contributed by atoms with E-state index in [0.717, 1.165) is 11.1 Å². The number of esters is 1. The maximum absolute atomic E-state index is 12.5. The Kier molecular flexibility index (Phi) is 8.00. The maximum Gasteiger partial charge on any atom is 0.344 e. The Morgan fingerprint density at radius 1 is 1.10 bits per heavy atom. The van der Waals surface area contributed by atoms with Crippen LogP contribution in [0.25, 0.3) is 6.08 Å². The number of methoxy groups -OCH3 is 1. The van der Waals surface area contributed by atoms with Crippen LogP contribution in [0.5, 0.6) is 11.5 Å². The van der Waals surface area contributed by atoms with Crippen molar-refractivity contribution >= 4 is 23.6 Å². The molecule has 30 heavy (non-hydrogen) atoms. The molecule has 0 unspecified atom stereocenters. The van der Waals surface area contributed by atoms with Gasteiger partial charge in [0.2, 0.25) is 0 Å². The van der Waals surface area contributed by atoms with Crippen LogP contribution in [-0.4, -0.2) is 32.2 Å². The van der Waals surface area contributed by atoms with Gasteiger partial charge in [0, 0.05) is 5.69 Å². The fourth-order valence-electron chi connectivity index (χ4n) is 2.79. The fourth-order valence-corrected chi connectivity index (χ4v) is 2.79. The highest BCUT2D eigenvalue weighted by Crippen LogP contribution is 2.29. The van der Waals surface area contributed by atoms with E-state index in [1.54, 1.807) is 25.1 Å². The first-order valence-corrected chi connectivity index (χ1v) is 9.34. The molecule has 7 heteroatoms. The van der Waals surface area contributed by atoms with E-state index < -0.39 is 11.9 Å². The SMILES string of the molecule is CCOC(=O)COc1ccc(/C=C(\C#N)C(=O)Nc2cc(C)cc(C)c2)cc1OC. The summed E-state index contributed by atoms with van der Waals surface area (Å²) in [7, 11) is 1.46. The zero-order chi connectivity index (χ0) is 22.1. The summed E-state index contributed by atoms with van der Waals surface area (Å²) in [6, 6.07) is 12.4. The number of benzene rings is 2. The third kappa shape index (κ3) is 6.38. The van der Waals surface area contributed by atoms with Crippen LogP contribution in [0.4, 0.5) is 5.69 Å². The van der Waals surface area contributed by atoms with Crippen molar-refractivity contribution in [2.45, 2.75) is 20.8 Å². The lowest BCUT2D eigenvalue weighted by Gasteiger charge is -2.11. The van der Waals surface area contributed by atoms with Crippen LogP contribution in [0.3, 0.4) is 0 Å². The van der Waals surface area contributed by atoms with E-state index in [9.17, 15) is 14.9 Å². The van der Waals surface area contributed by atoms with Gasteiger partial charge in [0.25, 0.3) is 5.91 Å². The first-order chi connectivity index (χ1) is 14.4. The van der Waals surface area contributed by atoms with Gasteiger partial charge in [-0.1, -0.05) is 12.1 Å². The van der Waals surface area contributed by atoms with E-state index in [0.29, 0.717) is 22.7 Å². The Morgan fingerprint density at radius 2 is 1.80 bits per heavy atom. The molecular formula is C23H24N2O5. The minimum Gasteiger partial charge on any atom is -0.493 e. The monoisotopic (exact) mass is 408 g/mol. The van der Waals surface area contributed by atoms with Gasteiger partial charge in [-0.3, -0.25) is 4.79 Å². The number of hydrogen-bond acceptors (Lipinski definition) is 6. The number of carbonyl (C=O) groups is 2. The first-order valence-electron chi connectivity index (χ1n) is 9.34. The van der Waals surface area contributed by atoms with Crippen LogP contribution in [0, 0.1) is 25.2 Å². The molecule has 0 heterocycles. The highest BCUT2D eigenvalue weighted by atomic mass is 16.6. The lowest BCUT2D eigenvalue weighted by atomic mass is 10.1. The summed E-state index contributed by atoms with van der Waals surface area (Å²) in [4.78, 5) is 24.0. The molecule has 2 rings (SSSR count). The number of anilines is 1. The van der Waals surface area contributed by atoms with Crippen LogP contribution in [0.1, 0.15) is 23.6 Å². The van der Waals surface area contributed by atoms with Crippen LogP contribution in [0.15, 0.2) is 42.0 Å². The molecule has 0 aromatic heterocycles. The Bertz CT molecular complexity index is 985. The Labute approximate surface area is 175 Å². The number of rotatable bonds is 8. The van der Waals surface area contributed by atoms with Crippen molar-refractivity contribution in [2.24, 2.45) is 0 Å². The number of carbonyl (C=O) groups excluding carboxylic acids is 2. The Balaban J connectivity index is 2.18. The summed E-state index contributed by atoms with van der Waals surface area (Å²) >= 11 is 0. The van der Waals surface area contributed by atoms with E-state index in [4.69, 9.17) is 14.2 Å². The van der Waals surface area contributed by atoms with Crippen LogP contribution >= 0.6 is 0 Å². The summed E-state index contributed by atoms with van der Waals surface area (Å²) in [6.45, 7) is 5.59. The molecule has 2 aromatic rings. The van der Waals surface area contributed by atoms with Crippen molar-refractivity contribution < 1.29 is 23.8 Å². The zero-order valence-corrected chi connectivity index (χ0v) is 17.4. The molecule has 0 atom stereocenters. The number of hydrogen-bond donors (Lipinski definition) is 1. The first kappa shape index (κ1) is 22.5. The summed E-state index contributed by atoms with van der Waals surface area (Å²) in [6.07, 6.45) is 1.45. The van der Waals surface area contributed by atoms with E-state index in [2.05, 4.69) is 5.32 Å². The van der Waals surface area contributed by atoms with Gasteiger partial charge < -0.3 is 19.5 Å². The topological polar surface area (TPSA) is 97.7 Å². The molecule has 0 bridgehead atoms. The minimum absolute atomic E-state index is 0.0589. The summed E-state index contributed by atoms with van der Waals surface area (Å²) in [5, 5.41) is 12.2. The Hall–Kier alpha value is -3.79. The normalized spacial score (nSPS) is 10.7. The standard InChI is InChI=1S/C23H24N2O5/c1-5-29-22(26)14-30-20-7-6-17(12-21(20)28-4)11-18(13-24)23(27)25-19-9-15(2)8-16(3)10-19/h6-12H,5,14H2,1-4H3,(H,25,27)/b18-11+. The predicted molar refractivity (Wildman–Crippen MR) is 113 cm³/mol. The number of amides is 1. The summed E-state index contributed by atoms with van der Waals surface area (Å²) in [5.74, 6) is -0.289. The second-order valence-electron chi connectivity index (χ2n) is 6.50. The van der Waals surface area contributed by atoms with Gasteiger partial charge >= 0.3 is 5.97 Å². The van der Waals surface area contributed by atoms with E-state index in [-0.39, 0.29) is 18.8 Å². The molecule has 2 aromatic carbocycles. The molecule has 1 amide bonds. The minimum atomic E-state index is -0.510. The fraction of sp³-hybridized carbons (Fsp3) is 0.261. The predicted octanol–water partition coefficient (Wildman–Crippen LogP) is 3.80. The van der Waals surface area contributed by atoms with Gasteiger partial charge in [-0.25, -0.2) is 4.79 Å². The van der Waals surface area contributed by atoms with E-state index in [1.807, 2.05) is 38.1 Å². The van der Waals surface area contributed by atoms with Crippen LogP contribution in [-0.2, 0) is 14.3 Å². The second kappa shape index (κ2) is 10.7. The lowest BCUT2D eigenvalue weighted by Crippen LogP contribution is -2.15. The van der Waals surface area contributed by atoms with Crippen LogP contribution in [0.2, 0.25) is 0 Å². The summed E-state index contributed by atoms with van der Waals surface area (Å²) in [5.41, 5.74) is 3.16. The van der Waals surface area contributed by atoms with Gasteiger partial charge in [-0.05, 0) is 67.8 Å². The molecule has 0 aliphatic heterocycles. The second-order valence-corrected chi connectivity index (χ2v) is 6.50. The molecule has 0 fully saturated rings. The molecule has 0 aliphatic rings. The van der Waals surface area contributed by atoms with Gasteiger partial charge in [0.05, 0.1) is 13.7 Å². The quantitative estimate of drug-likeness (QED) is 0.405. The number of nitrogens with zero attached hydrogens (tertiary/aromatic N) is 1. The number of nitriles is 1. The van der Waals surface area contributed by atoms with Crippen LogP contribution < -0.4 is 14.8 Å². The van der Waals surface area contributed by atoms with Gasteiger partial charge in [-0.15, -0.1) is 0 Å². The van der Waals surface area contributed by atoms with Crippen molar-refractivity contribution in [3.05, 3.63) is 58.7 Å². The molecule has 0 aliphatic carbocycles. The maximum atomic E-state index is 12.5. The molecule has 0 spiro atoms. The van der Waals surface area contributed by atoms with Gasteiger partial charge in [0.15, 0.2) is 18.1 Å². The molecule has 0 saturated carbocycles. The van der Waals surface area contributed by atoms with Crippen molar-refractivity contribution in [3.63, 3.8) is 0 Å². The number of ether oxygens (including phenoxy) is 3. The third-order valence-electron chi connectivity index (χ3n) is 3.99. The molecule has 1 N–H and O–H groups in total. The zero-order valence-electron chi connectivity index (χ0n) is 17.4. The molecular weight excluding hydrogens is 384 g/mol. The average Bonchev–Trinajstić information content (AvgIpc) is 2.70. The number of aryl methyl sites for hydroxylation is 2. The summed E-state index contributed by atoms with van der Waals surface area (Å²) < 4.78 is 15.5. The molecule has 7 nitrogen and oxygen atoms in total. The van der Waals surface area contributed by atoms with Crippen molar-refractivity contribution in [1.29, 1.82) is 5.26 Å². The largest absolute Gasteiger partial charge is 0.493 e. The van der Waals surface area contributed by atoms with Crippen molar-refractivity contribution in [3.8, 4) is 17.6 Å². The average molecular weight is 408 g/mol. The highest BCUT2D eigenvalue weighted by Gasteiger charge is 2.12. The number of nitrogens with one attached hydrogen (secondary N) is 1. The lowest BCUT2D eigenvalue weighted by molar-refractivity contribution is -0.145. The molecule has 0 radical (unpaired) electrons. The smallest absolute Gasteiger partial charge is 0.344 e. The van der Waals surface area contributed by atoms with E-state index >= 15 is 0 Å². The van der Waals surface area contributed by atoms with E-state index in [1.165, 1.54) is 13.2 Å². The highest BCUT2D eigenvalue weighted by molar-refractivity contribution is 6.09. The molecule has 0 saturated heterocycles. The van der Waals surface area contributed by atoms with Crippen molar-refractivity contribution in [1.82, 2.24) is 0 Å². The Morgan fingerprint density at radius 3 is 2.40 bits per heavy atom. The third-order valence-corrected chi connectivity index (χ3v) is 3.99. The molecule has 156 valence electrons. The van der Waals surface area contributed by atoms with Crippen molar-refractivity contribution in [2.75, 3.05) is 25.6 Å².